The molecular formula is C12H11F3N4. The number of rotatable bonds is 3. The summed E-state index contributed by atoms with van der Waals surface area (Å²) < 4.78 is 40.0. The Balaban J connectivity index is 2.34. The first-order valence-corrected chi connectivity index (χ1v) is 5.37. The van der Waals surface area contributed by atoms with E-state index in [9.17, 15) is 13.2 Å². The topological polar surface area (TPSA) is 63.0 Å². The number of nitrogens with zero attached hydrogens (tertiary/aromatic N) is 1. The number of nitrogens with one attached hydrogen (secondary N) is 2. The average Bonchev–Trinajstić information content (AvgIpc) is 2.37. The predicted octanol–water partition coefficient (Wildman–Crippen LogP) is 2.84. The van der Waals surface area contributed by atoms with E-state index < -0.39 is 17.5 Å². The van der Waals surface area contributed by atoms with Crippen LogP contribution in [-0.4, -0.2) is 4.98 Å². The zero-order valence-electron chi connectivity index (χ0n) is 9.97. The van der Waals surface area contributed by atoms with Crippen LogP contribution in [0, 0.1) is 24.4 Å². The summed E-state index contributed by atoms with van der Waals surface area (Å²) in [6.07, 6.45) is 0. The monoisotopic (exact) mass is 268 g/mol. The maximum atomic E-state index is 13.5. The van der Waals surface area contributed by atoms with Crippen molar-refractivity contribution in [3.05, 3.63) is 47.3 Å². The van der Waals surface area contributed by atoms with Crippen LogP contribution in [0.4, 0.5) is 30.5 Å². The molecule has 2 aromatic rings. The van der Waals surface area contributed by atoms with Gasteiger partial charge in [-0.3, -0.25) is 0 Å². The highest BCUT2D eigenvalue weighted by Crippen LogP contribution is 2.23. The Morgan fingerprint density at radius 1 is 1.00 bits per heavy atom. The van der Waals surface area contributed by atoms with Crippen LogP contribution in [0.1, 0.15) is 5.56 Å². The van der Waals surface area contributed by atoms with Gasteiger partial charge >= 0.3 is 0 Å². The molecule has 4 nitrogen and oxygen atoms in total. The van der Waals surface area contributed by atoms with Crippen LogP contribution in [0.2, 0.25) is 0 Å². The van der Waals surface area contributed by atoms with Crippen molar-refractivity contribution < 1.29 is 13.2 Å². The van der Waals surface area contributed by atoms with Gasteiger partial charge in [0.25, 0.3) is 0 Å². The van der Waals surface area contributed by atoms with Crippen molar-refractivity contribution in [2.75, 3.05) is 10.7 Å². The average molecular weight is 268 g/mol. The van der Waals surface area contributed by atoms with Crippen LogP contribution in [-0.2, 0) is 0 Å². The number of hydrogen-bond donors (Lipinski definition) is 3. The minimum absolute atomic E-state index is 0.252. The maximum Gasteiger partial charge on any atom is 0.178 e. The van der Waals surface area contributed by atoms with E-state index in [2.05, 4.69) is 10.3 Å². The van der Waals surface area contributed by atoms with E-state index in [0.29, 0.717) is 17.3 Å². The third-order valence-corrected chi connectivity index (χ3v) is 2.50. The van der Waals surface area contributed by atoms with Gasteiger partial charge in [0.05, 0.1) is 0 Å². The van der Waals surface area contributed by atoms with E-state index in [1.807, 2.05) is 5.43 Å². The lowest BCUT2D eigenvalue weighted by molar-refractivity contribution is 0.579. The fourth-order valence-corrected chi connectivity index (χ4v) is 1.46. The molecule has 0 fully saturated rings. The van der Waals surface area contributed by atoms with Gasteiger partial charge in [-0.25, -0.2) is 24.0 Å². The lowest BCUT2D eigenvalue weighted by Gasteiger charge is -2.10. The van der Waals surface area contributed by atoms with Gasteiger partial charge in [-0.15, -0.1) is 0 Å². The summed E-state index contributed by atoms with van der Waals surface area (Å²) in [7, 11) is 0. The second-order valence-electron chi connectivity index (χ2n) is 3.88. The minimum atomic E-state index is -0.916. The van der Waals surface area contributed by atoms with Gasteiger partial charge in [0.15, 0.2) is 23.3 Å². The van der Waals surface area contributed by atoms with Crippen LogP contribution < -0.4 is 16.6 Å². The molecule has 0 spiro atoms. The molecule has 0 atom stereocenters. The lowest BCUT2D eigenvalue weighted by Crippen LogP contribution is -2.12. The van der Waals surface area contributed by atoms with Gasteiger partial charge in [0, 0.05) is 11.8 Å². The summed E-state index contributed by atoms with van der Waals surface area (Å²) in [6.45, 7) is 1.60. The molecule has 1 heterocycles. The normalized spacial score (nSPS) is 10.4. The first kappa shape index (κ1) is 13.2. The number of nitrogen functional groups attached to an aromatic ring is 1. The number of hydrogen-bond acceptors (Lipinski definition) is 4. The van der Waals surface area contributed by atoms with E-state index in [1.54, 1.807) is 13.0 Å². The Hall–Kier alpha value is -2.28. The molecule has 0 saturated heterocycles. The number of halogens is 3. The number of aromatic nitrogens is 1. The standard InChI is InChI=1S/C12H11F3N4/c1-6-2-3-7(4-8(6)13)17-11-9(14)5-10(15)12(18-11)19-16/h2-5H,16H2,1H3,(H2,17,18,19). The van der Waals surface area contributed by atoms with Crippen molar-refractivity contribution in [3.63, 3.8) is 0 Å². The third kappa shape index (κ3) is 2.76. The number of aryl methyl sites for hydroxylation is 1. The summed E-state index contributed by atoms with van der Waals surface area (Å²) in [6, 6.07) is 4.91. The van der Waals surface area contributed by atoms with Crippen molar-refractivity contribution in [2.24, 2.45) is 5.84 Å². The molecule has 0 radical (unpaired) electrons. The molecule has 1 aromatic heterocycles. The summed E-state index contributed by atoms with van der Waals surface area (Å²) >= 11 is 0. The molecule has 2 rings (SSSR count). The van der Waals surface area contributed by atoms with Crippen molar-refractivity contribution in [2.45, 2.75) is 6.92 Å². The van der Waals surface area contributed by atoms with E-state index >= 15 is 0 Å². The Kier molecular flexibility index (Phi) is 3.57. The second kappa shape index (κ2) is 5.15. The smallest absolute Gasteiger partial charge is 0.178 e. The number of pyridine rings is 1. The minimum Gasteiger partial charge on any atom is -0.338 e. The van der Waals surface area contributed by atoms with Crippen LogP contribution in [0.15, 0.2) is 24.3 Å². The van der Waals surface area contributed by atoms with E-state index in [4.69, 9.17) is 5.84 Å². The Bertz CT molecular complexity index is 616. The molecule has 0 aliphatic heterocycles. The quantitative estimate of drug-likeness (QED) is 0.591. The fourth-order valence-electron chi connectivity index (χ4n) is 1.46. The summed E-state index contributed by atoms with van der Waals surface area (Å²) in [5.74, 6) is 2.22. The van der Waals surface area contributed by atoms with Crippen molar-refractivity contribution in [1.29, 1.82) is 0 Å². The fraction of sp³-hybridized carbons (Fsp3) is 0.0833. The number of nitrogens with two attached hydrogens (primary N) is 1. The Morgan fingerprint density at radius 3 is 2.32 bits per heavy atom. The molecule has 7 heteroatoms. The van der Waals surface area contributed by atoms with E-state index in [1.165, 1.54) is 12.1 Å². The molecular weight excluding hydrogens is 257 g/mol. The highest BCUT2D eigenvalue weighted by molar-refractivity contribution is 5.59. The van der Waals surface area contributed by atoms with Gasteiger partial charge in [0.2, 0.25) is 0 Å². The van der Waals surface area contributed by atoms with Crippen LogP contribution in [0.25, 0.3) is 0 Å². The second-order valence-corrected chi connectivity index (χ2v) is 3.88. The van der Waals surface area contributed by atoms with E-state index in [0.717, 1.165) is 0 Å². The maximum absolute atomic E-state index is 13.5. The van der Waals surface area contributed by atoms with Gasteiger partial charge < -0.3 is 10.7 Å². The van der Waals surface area contributed by atoms with Crippen LogP contribution in [0.5, 0.6) is 0 Å². The molecule has 4 N–H and O–H groups in total. The zero-order valence-corrected chi connectivity index (χ0v) is 9.97. The third-order valence-electron chi connectivity index (χ3n) is 2.50. The number of hydrazine groups is 1. The summed E-state index contributed by atoms with van der Waals surface area (Å²) in [4.78, 5) is 3.62. The first-order valence-electron chi connectivity index (χ1n) is 5.37. The van der Waals surface area contributed by atoms with Crippen molar-refractivity contribution in [1.82, 2.24) is 4.98 Å². The largest absolute Gasteiger partial charge is 0.338 e. The van der Waals surface area contributed by atoms with Gasteiger partial charge in [-0.2, -0.15) is 0 Å². The van der Waals surface area contributed by atoms with Crippen LogP contribution in [0.3, 0.4) is 0 Å². The van der Waals surface area contributed by atoms with Crippen molar-refractivity contribution in [3.8, 4) is 0 Å². The highest BCUT2D eigenvalue weighted by Gasteiger charge is 2.11. The highest BCUT2D eigenvalue weighted by atomic mass is 19.1. The molecule has 0 aliphatic rings. The summed E-state index contributed by atoms with van der Waals surface area (Å²) in [5, 5.41) is 2.55. The molecule has 0 saturated carbocycles. The number of benzene rings is 1. The van der Waals surface area contributed by atoms with Gasteiger partial charge in [-0.05, 0) is 24.6 Å². The first-order chi connectivity index (χ1) is 9.01. The molecule has 0 unspecified atom stereocenters. The Morgan fingerprint density at radius 2 is 1.68 bits per heavy atom. The molecule has 0 aliphatic carbocycles. The van der Waals surface area contributed by atoms with Gasteiger partial charge in [0.1, 0.15) is 5.82 Å². The zero-order chi connectivity index (χ0) is 14.0. The van der Waals surface area contributed by atoms with Crippen molar-refractivity contribution >= 4 is 17.3 Å². The molecule has 1 aromatic carbocycles. The molecule has 0 amide bonds. The van der Waals surface area contributed by atoms with Crippen LogP contribution >= 0.6 is 0 Å². The Labute approximate surface area is 107 Å². The van der Waals surface area contributed by atoms with E-state index in [-0.39, 0.29) is 11.6 Å². The predicted molar refractivity (Wildman–Crippen MR) is 66.4 cm³/mol. The molecule has 0 bridgehead atoms. The summed E-state index contributed by atoms with van der Waals surface area (Å²) in [5.41, 5.74) is 2.76. The number of anilines is 3. The SMILES string of the molecule is Cc1ccc(Nc2nc(NN)c(F)cc2F)cc1F. The van der Waals surface area contributed by atoms with Gasteiger partial charge in [-0.1, -0.05) is 6.07 Å². The lowest BCUT2D eigenvalue weighted by atomic mass is 10.2. The molecule has 100 valence electrons. The molecule has 19 heavy (non-hydrogen) atoms.